The number of aromatic nitrogens is 2. The van der Waals surface area contributed by atoms with E-state index in [0.29, 0.717) is 0 Å². The molecule has 0 aliphatic heterocycles. The highest BCUT2D eigenvalue weighted by Crippen LogP contribution is 2.27. The lowest BCUT2D eigenvalue weighted by Gasteiger charge is -2.17. The minimum absolute atomic E-state index is 0.160. The van der Waals surface area contributed by atoms with Crippen molar-refractivity contribution in [3.8, 4) is 0 Å². The molecular formula is C17H19N3S. The van der Waals surface area contributed by atoms with Crippen molar-refractivity contribution in [2.45, 2.75) is 26.3 Å². The average Bonchev–Trinajstić information content (AvgIpc) is 2.94. The van der Waals surface area contributed by atoms with Gasteiger partial charge in [-0.1, -0.05) is 19.1 Å². The summed E-state index contributed by atoms with van der Waals surface area (Å²) in [5, 5.41) is 8.02. The van der Waals surface area contributed by atoms with E-state index in [1.165, 1.54) is 10.9 Å². The maximum atomic E-state index is 4.66. The standard InChI is InChI=1S/C17H19N3S/c1-3-8-19-16(17-20-12(2)11-21-17)14-6-7-15-13(10-14)5-4-9-18-15/h4-7,9-11,16,19H,3,8H2,1-2H3. The number of pyridine rings is 1. The molecule has 1 N–H and O–H groups in total. The predicted octanol–water partition coefficient (Wildman–Crippen LogP) is 4.09. The topological polar surface area (TPSA) is 37.8 Å². The lowest BCUT2D eigenvalue weighted by Crippen LogP contribution is -2.23. The van der Waals surface area contributed by atoms with Gasteiger partial charge >= 0.3 is 0 Å². The fourth-order valence-electron chi connectivity index (χ4n) is 2.41. The fraction of sp³-hybridized carbons (Fsp3) is 0.294. The average molecular weight is 297 g/mol. The first-order chi connectivity index (χ1) is 10.3. The van der Waals surface area contributed by atoms with Crippen molar-refractivity contribution in [1.29, 1.82) is 0 Å². The monoisotopic (exact) mass is 297 g/mol. The summed E-state index contributed by atoms with van der Waals surface area (Å²) in [6, 6.07) is 10.7. The molecule has 0 radical (unpaired) electrons. The second-order valence-electron chi connectivity index (χ2n) is 5.17. The molecule has 0 saturated carbocycles. The number of aryl methyl sites for hydroxylation is 1. The minimum Gasteiger partial charge on any atom is -0.304 e. The van der Waals surface area contributed by atoms with Gasteiger partial charge in [0.2, 0.25) is 0 Å². The molecule has 2 heterocycles. The Balaban J connectivity index is 2.00. The quantitative estimate of drug-likeness (QED) is 0.771. The Morgan fingerprint density at radius 3 is 2.95 bits per heavy atom. The Hall–Kier alpha value is -1.78. The molecule has 21 heavy (non-hydrogen) atoms. The zero-order chi connectivity index (χ0) is 14.7. The molecule has 0 bridgehead atoms. The van der Waals surface area contributed by atoms with Crippen molar-refractivity contribution < 1.29 is 0 Å². The van der Waals surface area contributed by atoms with E-state index >= 15 is 0 Å². The summed E-state index contributed by atoms with van der Waals surface area (Å²) in [6.45, 7) is 5.21. The molecule has 4 heteroatoms. The van der Waals surface area contributed by atoms with Crippen molar-refractivity contribution in [3.63, 3.8) is 0 Å². The summed E-state index contributed by atoms with van der Waals surface area (Å²) in [5.41, 5.74) is 3.37. The van der Waals surface area contributed by atoms with Gasteiger partial charge in [0.1, 0.15) is 5.01 Å². The summed E-state index contributed by atoms with van der Waals surface area (Å²) in [7, 11) is 0. The molecule has 0 aliphatic carbocycles. The van der Waals surface area contributed by atoms with E-state index in [2.05, 4.69) is 51.9 Å². The maximum absolute atomic E-state index is 4.66. The molecule has 2 aromatic heterocycles. The molecule has 3 rings (SSSR count). The Labute approximate surface area is 129 Å². The second-order valence-corrected chi connectivity index (χ2v) is 6.06. The first-order valence-electron chi connectivity index (χ1n) is 7.28. The van der Waals surface area contributed by atoms with Crippen molar-refractivity contribution in [1.82, 2.24) is 15.3 Å². The largest absolute Gasteiger partial charge is 0.304 e. The minimum atomic E-state index is 0.160. The highest BCUT2D eigenvalue weighted by Gasteiger charge is 2.17. The Bertz CT molecular complexity index is 735. The first kappa shape index (κ1) is 14.2. The SMILES string of the molecule is CCCNC(c1ccc2ncccc2c1)c1nc(C)cs1. The van der Waals surface area contributed by atoms with Crippen molar-refractivity contribution in [3.05, 3.63) is 58.2 Å². The van der Waals surface area contributed by atoms with Gasteiger partial charge < -0.3 is 5.32 Å². The molecule has 108 valence electrons. The van der Waals surface area contributed by atoms with E-state index < -0.39 is 0 Å². The van der Waals surface area contributed by atoms with Gasteiger partial charge in [-0.15, -0.1) is 11.3 Å². The highest BCUT2D eigenvalue weighted by molar-refractivity contribution is 7.09. The summed E-state index contributed by atoms with van der Waals surface area (Å²) in [4.78, 5) is 9.05. The number of rotatable bonds is 5. The normalized spacial score (nSPS) is 12.7. The Morgan fingerprint density at radius 2 is 2.19 bits per heavy atom. The van der Waals surface area contributed by atoms with Gasteiger partial charge in [0.15, 0.2) is 0 Å². The van der Waals surface area contributed by atoms with Crippen LogP contribution < -0.4 is 5.32 Å². The highest BCUT2D eigenvalue weighted by atomic mass is 32.1. The van der Waals surface area contributed by atoms with Crippen LogP contribution in [0.1, 0.15) is 35.7 Å². The summed E-state index contributed by atoms with van der Waals surface area (Å²) >= 11 is 1.72. The number of nitrogens with one attached hydrogen (secondary N) is 1. The zero-order valence-electron chi connectivity index (χ0n) is 12.3. The van der Waals surface area contributed by atoms with Crippen LogP contribution in [0.4, 0.5) is 0 Å². The van der Waals surface area contributed by atoms with Crippen LogP contribution in [0.15, 0.2) is 41.9 Å². The van der Waals surface area contributed by atoms with E-state index in [1.54, 1.807) is 11.3 Å². The van der Waals surface area contributed by atoms with Crippen molar-refractivity contribution >= 4 is 22.2 Å². The van der Waals surface area contributed by atoms with Gasteiger partial charge in [-0.3, -0.25) is 4.98 Å². The third-order valence-corrected chi connectivity index (χ3v) is 4.47. The smallest absolute Gasteiger partial charge is 0.114 e. The molecule has 0 amide bonds. The lowest BCUT2D eigenvalue weighted by molar-refractivity contribution is 0.595. The number of hydrogen-bond acceptors (Lipinski definition) is 4. The van der Waals surface area contributed by atoms with Crippen molar-refractivity contribution in [2.75, 3.05) is 6.54 Å². The summed E-state index contributed by atoms with van der Waals surface area (Å²) < 4.78 is 0. The number of nitrogens with zero attached hydrogens (tertiary/aromatic N) is 2. The van der Waals surface area contributed by atoms with Crippen LogP contribution in [-0.2, 0) is 0 Å². The number of hydrogen-bond donors (Lipinski definition) is 1. The lowest BCUT2D eigenvalue weighted by atomic mass is 10.0. The molecule has 3 aromatic rings. The number of fused-ring (bicyclic) bond motifs is 1. The predicted molar refractivity (Wildman–Crippen MR) is 88.7 cm³/mol. The van der Waals surface area contributed by atoms with Crippen LogP contribution in [0.3, 0.4) is 0 Å². The van der Waals surface area contributed by atoms with Crippen molar-refractivity contribution in [2.24, 2.45) is 0 Å². The molecule has 0 aliphatic rings. The Kier molecular flexibility index (Phi) is 4.27. The van der Waals surface area contributed by atoms with Crippen LogP contribution in [0.5, 0.6) is 0 Å². The van der Waals surface area contributed by atoms with Crippen LogP contribution in [0.2, 0.25) is 0 Å². The van der Waals surface area contributed by atoms with E-state index in [9.17, 15) is 0 Å². The molecule has 3 nitrogen and oxygen atoms in total. The van der Waals surface area contributed by atoms with Gasteiger partial charge in [0.25, 0.3) is 0 Å². The van der Waals surface area contributed by atoms with E-state index in [0.717, 1.165) is 29.2 Å². The second kappa shape index (κ2) is 6.33. The Morgan fingerprint density at radius 1 is 1.29 bits per heavy atom. The first-order valence-corrected chi connectivity index (χ1v) is 8.16. The van der Waals surface area contributed by atoms with E-state index in [4.69, 9.17) is 0 Å². The summed E-state index contributed by atoms with van der Waals surface area (Å²) in [5.74, 6) is 0. The number of thiazole rings is 1. The van der Waals surface area contributed by atoms with Gasteiger partial charge in [0.05, 0.1) is 11.6 Å². The molecule has 1 unspecified atom stereocenters. The molecule has 1 atom stereocenters. The molecule has 0 fully saturated rings. The number of benzene rings is 1. The fourth-order valence-corrected chi connectivity index (χ4v) is 3.31. The third-order valence-electron chi connectivity index (χ3n) is 3.44. The summed E-state index contributed by atoms with van der Waals surface area (Å²) in [6.07, 6.45) is 2.94. The molecule has 0 spiro atoms. The molecule has 1 aromatic carbocycles. The van der Waals surface area contributed by atoms with Gasteiger partial charge in [-0.05, 0) is 43.7 Å². The van der Waals surface area contributed by atoms with Gasteiger partial charge in [0, 0.05) is 22.7 Å². The van der Waals surface area contributed by atoms with Crippen LogP contribution in [0.25, 0.3) is 10.9 Å². The van der Waals surface area contributed by atoms with Crippen LogP contribution in [-0.4, -0.2) is 16.5 Å². The van der Waals surface area contributed by atoms with Gasteiger partial charge in [-0.25, -0.2) is 4.98 Å². The van der Waals surface area contributed by atoms with E-state index in [1.807, 2.05) is 19.2 Å². The van der Waals surface area contributed by atoms with Crippen LogP contribution >= 0.6 is 11.3 Å². The zero-order valence-corrected chi connectivity index (χ0v) is 13.2. The maximum Gasteiger partial charge on any atom is 0.114 e. The van der Waals surface area contributed by atoms with Crippen LogP contribution in [0, 0.1) is 6.92 Å². The molecular weight excluding hydrogens is 278 g/mol. The molecule has 0 saturated heterocycles. The third kappa shape index (κ3) is 3.12. The van der Waals surface area contributed by atoms with E-state index in [-0.39, 0.29) is 6.04 Å². The van der Waals surface area contributed by atoms with Gasteiger partial charge in [-0.2, -0.15) is 0 Å².